The summed E-state index contributed by atoms with van der Waals surface area (Å²) in [5, 5.41) is 4.12. The smallest absolute Gasteiger partial charge is 0.133 e. The third kappa shape index (κ3) is 3.33. The monoisotopic (exact) mass is 290 g/mol. The molecule has 1 unspecified atom stereocenters. The van der Waals surface area contributed by atoms with Gasteiger partial charge >= 0.3 is 0 Å². The number of imidazole rings is 1. The first-order chi connectivity index (χ1) is 10.3. The van der Waals surface area contributed by atoms with E-state index in [4.69, 9.17) is 9.26 Å². The molecule has 2 aromatic heterocycles. The highest BCUT2D eigenvalue weighted by atomic mass is 16.5. The highest BCUT2D eigenvalue weighted by molar-refractivity contribution is 5.06. The second-order valence-corrected chi connectivity index (χ2v) is 5.51. The maximum Gasteiger partial charge on any atom is 0.133 e. The number of aromatic nitrogens is 3. The number of fused-ring (bicyclic) bond motifs is 1. The topological polar surface area (TPSA) is 56.3 Å². The lowest BCUT2D eigenvalue weighted by Crippen LogP contribution is -2.37. The molecule has 0 N–H and O–H groups in total. The van der Waals surface area contributed by atoms with Crippen LogP contribution in [-0.2, 0) is 24.4 Å². The molecule has 0 fully saturated rings. The predicted molar refractivity (Wildman–Crippen MR) is 77.6 cm³/mol. The van der Waals surface area contributed by atoms with Crippen LogP contribution >= 0.6 is 0 Å². The summed E-state index contributed by atoms with van der Waals surface area (Å²) in [5.74, 6) is 0.853. The molecule has 6 heteroatoms. The lowest BCUT2D eigenvalue weighted by atomic mass is 10.1. The van der Waals surface area contributed by atoms with Gasteiger partial charge in [0.15, 0.2) is 0 Å². The summed E-state index contributed by atoms with van der Waals surface area (Å²) in [6.45, 7) is 8.10. The van der Waals surface area contributed by atoms with E-state index in [0.717, 1.165) is 50.7 Å². The largest absolute Gasteiger partial charge is 0.380 e. The molecule has 0 saturated carbocycles. The van der Waals surface area contributed by atoms with E-state index in [1.54, 1.807) is 0 Å². The van der Waals surface area contributed by atoms with Crippen molar-refractivity contribution in [3.05, 3.63) is 35.7 Å². The van der Waals surface area contributed by atoms with E-state index in [9.17, 15) is 0 Å². The lowest BCUT2D eigenvalue weighted by Gasteiger charge is -2.28. The van der Waals surface area contributed by atoms with Crippen molar-refractivity contribution in [2.24, 2.45) is 0 Å². The summed E-state index contributed by atoms with van der Waals surface area (Å²) in [4.78, 5) is 6.66. The summed E-state index contributed by atoms with van der Waals surface area (Å²) in [6.07, 6.45) is 4.92. The number of rotatable bonds is 5. The zero-order valence-electron chi connectivity index (χ0n) is 12.7. The summed E-state index contributed by atoms with van der Waals surface area (Å²) < 4.78 is 13.1. The molecule has 0 amide bonds. The minimum atomic E-state index is 0.391. The van der Waals surface area contributed by atoms with Crippen LogP contribution in [0, 0.1) is 6.92 Å². The minimum Gasteiger partial charge on any atom is -0.380 e. The molecule has 2 aromatic rings. The first-order valence-corrected chi connectivity index (χ1v) is 7.49. The number of hydrogen-bond donors (Lipinski definition) is 0. The van der Waals surface area contributed by atoms with Gasteiger partial charge in [-0.1, -0.05) is 5.16 Å². The first kappa shape index (κ1) is 14.3. The van der Waals surface area contributed by atoms with Crippen molar-refractivity contribution in [2.45, 2.75) is 45.9 Å². The quantitative estimate of drug-likeness (QED) is 0.843. The van der Waals surface area contributed by atoms with E-state index in [-0.39, 0.29) is 0 Å². The zero-order chi connectivity index (χ0) is 14.7. The van der Waals surface area contributed by atoms with Crippen molar-refractivity contribution in [1.29, 1.82) is 0 Å². The Labute approximate surface area is 124 Å². The van der Waals surface area contributed by atoms with Gasteiger partial charge in [-0.25, -0.2) is 4.98 Å². The molecule has 3 heterocycles. The Balaban J connectivity index is 1.76. The van der Waals surface area contributed by atoms with E-state index < -0.39 is 0 Å². The Bertz CT molecular complexity index is 578. The van der Waals surface area contributed by atoms with Crippen molar-refractivity contribution in [1.82, 2.24) is 19.6 Å². The van der Waals surface area contributed by atoms with Gasteiger partial charge in [0.2, 0.25) is 0 Å². The highest BCUT2D eigenvalue weighted by Gasteiger charge is 2.25. The summed E-state index contributed by atoms with van der Waals surface area (Å²) in [5.41, 5.74) is 2.22. The van der Waals surface area contributed by atoms with Gasteiger partial charge in [-0.05, 0) is 20.3 Å². The van der Waals surface area contributed by atoms with Gasteiger partial charge < -0.3 is 13.8 Å². The van der Waals surface area contributed by atoms with Gasteiger partial charge in [0.25, 0.3) is 0 Å². The van der Waals surface area contributed by atoms with E-state index in [1.165, 1.54) is 5.69 Å². The third-order valence-corrected chi connectivity index (χ3v) is 3.94. The van der Waals surface area contributed by atoms with E-state index in [2.05, 4.69) is 19.6 Å². The van der Waals surface area contributed by atoms with Gasteiger partial charge in [-0.3, -0.25) is 4.90 Å². The van der Waals surface area contributed by atoms with Crippen LogP contribution in [0.1, 0.15) is 30.5 Å². The van der Waals surface area contributed by atoms with Gasteiger partial charge in [-0.2, -0.15) is 0 Å². The van der Waals surface area contributed by atoms with Crippen LogP contribution in [0.25, 0.3) is 0 Å². The van der Waals surface area contributed by atoms with Crippen molar-refractivity contribution in [2.75, 3.05) is 13.2 Å². The summed E-state index contributed by atoms with van der Waals surface area (Å²) in [7, 11) is 0. The predicted octanol–water partition coefficient (Wildman–Crippen LogP) is 1.99. The molecule has 0 aromatic carbocycles. The van der Waals surface area contributed by atoms with Gasteiger partial charge in [0.05, 0.1) is 24.3 Å². The van der Waals surface area contributed by atoms with Crippen LogP contribution in [0.2, 0.25) is 0 Å². The molecule has 114 valence electrons. The van der Waals surface area contributed by atoms with Crippen LogP contribution in [0.5, 0.6) is 0 Å². The van der Waals surface area contributed by atoms with Gasteiger partial charge in [0.1, 0.15) is 5.76 Å². The van der Waals surface area contributed by atoms with Crippen LogP contribution in [-0.4, -0.2) is 38.9 Å². The Kier molecular flexibility index (Phi) is 4.36. The maximum absolute atomic E-state index is 5.67. The second-order valence-electron chi connectivity index (χ2n) is 5.51. The van der Waals surface area contributed by atoms with Crippen LogP contribution in [0.3, 0.4) is 0 Å². The summed E-state index contributed by atoms with van der Waals surface area (Å²) >= 11 is 0. The molecule has 0 saturated heterocycles. The van der Waals surface area contributed by atoms with Gasteiger partial charge in [-0.15, -0.1) is 0 Å². The molecular formula is C15H22N4O2. The standard InChI is InChI=1S/C15H22N4O2/c1-3-20-10-14-4-5-18-11-16-7-15(18)9-19(14)8-13-6-12(2)21-17-13/h6-7,11,14H,3-5,8-10H2,1-2H3. The molecule has 0 spiro atoms. The Morgan fingerprint density at radius 3 is 3.14 bits per heavy atom. The normalized spacial score (nSPS) is 19.4. The fourth-order valence-corrected chi connectivity index (χ4v) is 2.82. The maximum atomic E-state index is 5.67. The van der Waals surface area contributed by atoms with Gasteiger partial charge in [0, 0.05) is 44.5 Å². The van der Waals surface area contributed by atoms with E-state index in [0.29, 0.717) is 6.04 Å². The van der Waals surface area contributed by atoms with Crippen molar-refractivity contribution < 1.29 is 9.26 Å². The average molecular weight is 290 g/mol. The first-order valence-electron chi connectivity index (χ1n) is 7.49. The number of aryl methyl sites for hydroxylation is 2. The molecular weight excluding hydrogens is 268 g/mol. The van der Waals surface area contributed by atoms with E-state index >= 15 is 0 Å². The Morgan fingerprint density at radius 1 is 1.48 bits per heavy atom. The SMILES string of the molecule is CCOCC1CCn2cncc2CN1Cc1cc(C)on1. The summed E-state index contributed by atoms with van der Waals surface area (Å²) in [6, 6.07) is 2.39. The molecule has 6 nitrogen and oxygen atoms in total. The number of hydrogen-bond acceptors (Lipinski definition) is 5. The van der Waals surface area contributed by atoms with Crippen LogP contribution in [0.15, 0.2) is 23.1 Å². The van der Waals surface area contributed by atoms with Crippen LogP contribution < -0.4 is 0 Å². The Morgan fingerprint density at radius 2 is 2.38 bits per heavy atom. The molecule has 1 aliphatic rings. The average Bonchev–Trinajstić information content (AvgIpc) is 3.04. The Hall–Kier alpha value is -1.66. The molecule has 0 bridgehead atoms. The molecule has 0 aliphatic carbocycles. The molecule has 21 heavy (non-hydrogen) atoms. The third-order valence-electron chi connectivity index (χ3n) is 3.94. The van der Waals surface area contributed by atoms with Crippen molar-refractivity contribution >= 4 is 0 Å². The number of nitrogens with zero attached hydrogens (tertiary/aromatic N) is 4. The lowest BCUT2D eigenvalue weighted by molar-refractivity contribution is 0.0548. The number of ether oxygens (including phenoxy) is 1. The highest BCUT2D eigenvalue weighted by Crippen LogP contribution is 2.20. The molecule has 1 aliphatic heterocycles. The van der Waals surface area contributed by atoms with E-state index in [1.807, 2.05) is 32.4 Å². The fourth-order valence-electron chi connectivity index (χ4n) is 2.82. The molecule has 1 atom stereocenters. The molecule has 3 rings (SSSR count). The molecule has 0 radical (unpaired) electrons. The zero-order valence-corrected chi connectivity index (χ0v) is 12.7. The van der Waals surface area contributed by atoms with Crippen LogP contribution in [0.4, 0.5) is 0 Å². The van der Waals surface area contributed by atoms with Crippen molar-refractivity contribution in [3.63, 3.8) is 0 Å². The minimum absolute atomic E-state index is 0.391. The fraction of sp³-hybridized carbons (Fsp3) is 0.600. The van der Waals surface area contributed by atoms with Crippen molar-refractivity contribution in [3.8, 4) is 0 Å². The second kappa shape index (κ2) is 6.41.